The lowest BCUT2D eigenvalue weighted by molar-refractivity contribution is 0.446. The molecule has 21 heavy (non-hydrogen) atoms. The predicted molar refractivity (Wildman–Crippen MR) is 83.2 cm³/mol. The monoisotopic (exact) mass is 335 g/mol. The first-order valence-electron chi connectivity index (χ1n) is 6.22. The largest absolute Gasteiger partial charge is 0.387 e. The zero-order chi connectivity index (χ0) is 16.3. The lowest BCUT2D eigenvalue weighted by atomic mass is 10.1. The van der Waals surface area contributed by atoms with Gasteiger partial charge in [0.05, 0.1) is 11.9 Å². The van der Waals surface area contributed by atoms with Crippen LogP contribution in [0.1, 0.15) is 13.8 Å². The molecule has 0 aliphatic heterocycles. The van der Waals surface area contributed by atoms with Gasteiger partial charge in [-0.3, -0.25) is 0 Å². The van der Waals surface area contributed by atoms with Crippen molar-refractivity contribution in [2.24, 2.45) is 0 Å². The Morgan fingerprint density at radius 1 is 1.10 bits per heavy atom. The Kier molecular flexibility index (Phi) is 5.37. The predicted octanol–water partition coefficient (Wildman–Crippen LogP) is 0.334. The number of anilines is 1. The lowest BCUT2D eigenvalue weighted by Crippen LogP contribution is -2.50. The van der Waals surface area contributed by atoms with Gasteiger partial charge in [-0.05, 0) is 26.0 Å². The maximum Gasteiger partial charge on any atom is 0.242 e. The Bertz CT molecular complexity index is 697. The van der Waals surface area contributed by atoms with Crippen LogP contribution < -0.4 is 14.8 Å². The Labute approximate surface area is 126 Å². The van der Waals surface area contributed by atoms with E-state index in [4.69, 9.17) is 0 Å². The van der Waals surface area contributed by atoms with E-state index in [-0.39, 0.29) is 11.4 Å². The van der Waals surface area contributed by atoms with Crippen molar-refractivity contribution in [2.75, 3.05) is 25.2 Å². The van der Waals surface area contributed by atoms with Crippen molar-refractivity contribution in [3.8, 4) is 0 Å². The summed E-state index contributed by atoms with van der Waals surface area (Å²) in [5.41, 5.74) is -0.464. The van der Waals surface area contributed by atoms with Gasteiger partial charge in [-0.1, -0.05) is 12.1 Å². The Morgan fingerprint density at radius 3 is 2.19 bits per heavy atom. The summed E-state index contributed by atoms with van der Waals surface area (Å²) in [6, 6.07) is 6.47. The Balaban J connectivity index is 2.92. The van der Waals surface area contributed by atoms with Crippen LogP contribution in [0.4, 0.5) is 5.69 Å². The standard InChI is InChI=1S/C12H21N3O4S2/c1-12(2,15-20(4,16)17)9-14-21(18,19)11-8-6-5-7-10(11)13-3/h5-8,13-15H,9H2,1-4H3. The van der Waals surface area contributed by atoms with Gasteiger partial charge in [-0.15, -0.1) is 0 Å². The first kappa shape index (κ1) is 17.9. The minimum atomic E-state index is -3.74. The fraction of sp³-hybridized carbons (Fsp3) is 0.500. The molecule has 0 spiro atoms. The molecule has 9 heteroatoms. The molecule has 0 aromatic heterocycles. The van der Waals surface area contributed by atoms with Crippen molar-refractivity contribution >= 4 is 25.7 Å². The van der Waals surface area contributed by atoms with Gasteiger partial charge in [0.1, 0.15) is 4.90 Å². The van der Waals surface area contributed by atoms with Crippen LogP contribution in [0.2, 0.25) is 0 Å². The minimum Gasteiger partial charge on any atom is -0.387 e. The molecule has 1 rings (SSSR count). The van der Waals surface area contributed by atoms with Crippen LogP contribution in [-0.2, 0) is 20.0 Å². The normalized spacial score (nSPS) is 13.1. The molecular weight excluding hydrogens is 314 g/mol. The van der Waals surface area contributed by atoms with E-state index >= 15 is 0 Å². The van der Waals surface area contributed by atoms with E-state index in [0.717, 1.165) is 6.26 Å². The summed E-state index contributed by atoms with van der Waals surface area (Å²) in [6.07, 6.45) is 1.03. The molecule has 0 bridgehead atoms. The number of benzene rings is 1. The van der Waals surface area contributed by atoms with Gasteiger partial charge in [0.15, 0.2) is 0 Å². The number of hydrogen-bond donors (Lipinski definition) is 3. The van der Waals surface area contributed by atoms with Crippen LogP contribution in [0.25, 0.3) is 0 Å². The maximum absolute atomic E-state index is 12.3. The summed E-state index contributed by atoms with van der Waals surface area (Å²) in [7, 11) is -5.53. The molecule has 0 amide bonds. The number of para-hydroxylation sites is 1. The van der Waals surface area contributed by atoms with E-state index in [9.17, 15) is 16.8 Å². The van der Waals surface area contributed by atoms with Crippen molar-refractivity contribution in [3.05, 3.63) is 24.3 Å². The summed E-state index contributed by atoms with van der Waals surface area (Å²) < 4.78 is 51.9. The van der Waals surface area contributed by atoms with Gasteiger partial charge in [0, 0.05) is 19.1 Å². The van der Waals surface area contributed by atoms with Gasteiger partial charge in [-0.25, -0.2) is 26.3 Å². The quantitative estimate of drug-likeness (QED) is 0.666. The van der Waals surface area contributed by atoms with E-state index in [1.807, 2.05) is 0 Å². The van der Waals surface area contributed by atoms with Gasteiger partial charge >= 0.3 is 0 Å². The summed E-state index contributed by atoms with van der Waals surface area (Å²) >= 11 is 0. The van der Waals surface area contributed by atoms with Crippen LogP contribution in [0.3, 0.4) is 0 Å². The van der Waals surface area contributed by atoms with E-state index in [1.165, 1.54) is 6.07 Å². The number of nitrogens with one attached hydrogen (secondary N) is 3. The Morgan fingerprint density at radius 2 is 1.67 bits per heavy atom. The molecule has 0 unspecified atom stereocenters. The third kappa shape index (κ3) is 5.62. The molecule has 0 saturated heterocycles. The highest BCUT2D eigenvalue weighted by Gasteiger charge is 2.26. The average Bonchev–Trinajstić information content (AvgIpc) is 2.34. The SMILES string of the molecule is CNc1ccccc1S(=O)(=O)NCC(C)(C)NS(C)(=O)=O. The van der Waals surface area contributed by atoms with Crippen LogP contribution in [0, 0.1) is 0 Å². The van der Waals surface area contributed by atoms with Gasteiger partial charge in [0.2, 0.25) is 20.0 Å². The molecule has 3 N–H and O–H groups in total. The average molecular weight is 335 g/mol. The summed E-state index contributed by atoms with van der Waals surface area (Å²) in [5, 5.41) is 2.81. The van der Waals surface area contributed by atoms with Crippen LogP contribution in [0.5, 0.6) is 0 Å². The third-order valence-corrected chi connectivity index (χ3v) is 4.99. The van der Waals surface area contributed by atoms with Crippen molar-refractivity contribution in [1.29, 1.82) is 0 Å². The molecule has 7 nitrogen and oxygen atoms in total. The van der Waals surface area contributed by atoms with Crippen LogP contribution >= 0.6 is 0 Å². The summed E-state index contributed by atoms with van der Waals surface area (Å²) in [5.74, 6) is 0. The van der Waals surface area contributed by atoms with E-state index < -0.39 is 25.6 Å². The molecule has 0 saturated carbocycles. The molecule has 0 fully saturated rings. The topological polar surface area (TPSA) is 104 Å². The minimum absolute atomic E-state index is 0.0690. The number of sulfonamides is 2. The van der Waals surface area contributed by atoms with Gasteiger partial charge in [-0.2, -0.15) is 0 Å². The van der Waals surface area contributed by atoms with Crippen molar-refractivity contribution in [1.82, 2.24) is 9.44 Å². The number of rotatable bonds is 7. The molecule has 0 aliphatic carbocycles. The van der Waals surface area contributed by atoms with Crippen LogP contribution in [-0.4, -0.2) is 42.2 Å². The molecule has 120 valence electrons. The molecule has 1 aromatic carbocycles. The first-order valence-corrected chi connectivity index (χ1v) is 9.60. The smallest absolute Gasteiger partial charge is 0.242 e. The third-order valence-electron chi connectivity index (χ3n) is 2.61. The van der Waals surface area contributed by atoms with E-state index in [0.29, 0.717) is 5.69 Å². The fourth-order valence-corrected chi connectivity index (χ4v) is 4.30. The maximum atomic E-state index is 12.3. The summed E-state index contributed by atoms with van der Waals surface area (Å²) in [6.45, 7) is 3.13. The highest BCUT2D eigenvalue weighted by Crippen LogP contribution is 2.20. The highest BCUT2D eigenvalue weighted by molar-refractivity contribution is 7.89. The zero-order valence-electron chi connectivity index (χ0n) is 12.5. The number of hydrogen-bond acceptors (Lipinski definition) is 5. The highest BCUT2D eigenvalue weighted by atomic mass is 32.2. The second-order valence-electron chi connectivity index (χ2n) is 5.33. The lowest BCUT2D eigenvalue weighted by Gasteiger charge is -2.25. The van der Waals surface area contributed by atoms with Crippen molar-refractivity contribution in [2.45, 2.75) is 24.3 Å². The molecule has 0 aliphatic rings. The molecule has 0 atom stereocenters. The molecular formula is C12H21N3O4S2. The van der Waals surface area contributed by atoms with Crippen LogP contribution in [0.15, 0.2) is 29.2 Å². The summed E-state index contributed by atoms with van der Waals surface area (Å²) in [4.78, 5) is 0.114. The van der Waals surface area contributed by atoms with Gasteiger partial charge < -0.3 is 5.32 Å². The van der Waals surface area contributed by atoms with Crippen molar-refractivity contribution in [3.63, 3.8) is 0 Å². The fourth-order valence-electron chi connectivity index (χ4n) is 1.80. The second-order valence-corrected chi connectivity index (χ2v) is 8.81. The zero-order valence-corrected chi connectivity index (χ0v) is 14.1. The van der Waals surface area contributed by atoms with Gasteiger partial charge in [0.25, 0.3) is 0 Å². The molecule has 0 heterocycles. The molecule has 1 aromatic rings. The first-order chi connectivity index (χ1) is 9.47. The van der Waals surface area contributed by atoms with Crippen molar-refractivity contribution < 1.29 is 16.8 Å². The second kappa shape index (κ2) is 6.30. The Hall–Kier alpha value is -1.16. The van der Waals surface area contributed by atoms with E-state index in [2.05, 4.69) is 14.8 Å². The molecule has 0 radical (unpaired) electrons. The van der Waals surface area contributed by atoms with E-state index in [1.54, 1.807) is 39.1 Å².